The molecule has 0 atom stereocenters. The van der Waals surface area contributed by atoms with Crippen LogP contribution in [-0.2, 0) is 10.0 Å². The van der Waals surface area contributed by atoms with Gasteiger partial charge in [0, 0.05) is 6.54 Å². The highest BCUT2D eigenvalue weighted by atomic mass is 32.2. The van der Waals surface area contributed by atoms with Crippen LogP contribution in [0.1, 0.15) is 38.5 Å². The van der Waals surface area contributed by atoms with Crippen LogP contribution in [0.5, 0.6) is 0 Å². The summed E-state index contributed by atoms with van der Waals surface area (Å²) in [5, 5.41) is 3.31. The van der Waals surface area contributed by atoms with Gasteiger partial charge in [-0.15, -0.1) is 0 Å². The molecule has 118 valence electrons. The summed E-state index contributed by atoms with van der Waals surface area (Å²) >= 11 is 0. The van der Waals surface area contributed by atoms with Crippen molar-refractivity contribution in [1.29, 1.82) is 0 Å². The van der Waals surface area contributed by atoms with Gasteiger partial charge in [-0.25, -0.2) is 13.1 Å². The monoisotopic (exact) mass is 303 g/mol. The Morgan fingerprint density at radius 2 is 1.85 bits per heavy atom. The van der Waals surface area contributed by atoms with E-state index in [0.29, 0.717) is 18.2 Å². The van der Waals surface area contributed by atoms with Crippen molar-refractivity contribution < 1.29 is 8.42 Å². The first-order chi connectivity index (χ1) is 9.66. The Balaban J connectivity index is 1.55. The van der Waals surface area contributed by atoms with Crippen molar-refractivity contribution in [3.63, 3.8) is 0 Å². The molecule has 0 unspecified atom stereocenters. The van der Waals surface area contributed by atoms with E-state index in [1.54, 1.807) is 0 Å². The number of nitrogens with zero attached hydrogens (tertiary/aromatic N) is 1. The molecule has 0 radical (unpaired) electrons. The highest BCUT2D eigenvalue weighted by Crippen LogP contribution is 2.16. The summed E-state index contributed by atoms with van der Waals surface area (Å²) in [5.74, 6) is 0.874. The second kappa shape index (κ2) is 8.32. The minimum Gasteiger partial charge on any atom is -0.317 e. The smallest absolute Gasteiger partial charge is 0.211 e. The lowest BCUT2D eigenvalue weighted by Crippen LogP contribution is -2.33. The molecule has 0 aromatic carbocycles. The van der Waals surface area contributed by atoms with E-state index in [0.717, 1.165) is 45.3 Å². The second-order valence-corrected chi connectivity index (χ2v) is 8.02. The molecule has 0 aromatic rings. The summed E-state index contributed by atoms with van der Waals surface area (Å²) in [6.07, 6.45) is 6.55. The van der Waals surface area contributed by atoms with E-state index < -0.39 is 10.0 Å². The summed E-state index contributed by atoms with van der Waals surface area (Å²) in [6, 6.07) is 0. The number of sulfonamides is 1. The molecule has 2 aliphatic rings. The zero-order valence-electron chi connectivity index (χ0n) is 12.4. The standard InChI is InChI=1S/C14H29N3O2S/c18-20(19,13-6-14-4-8-15-9-5-14)16-7-3-12-17-10-1-2-11-17/h14-16H,1-13H2. The first-order valence-corrected chi connectivity index (χ1v) is 9.71. The van der Waals surface area contributed by atoms with Gasteiger partial charge in [-0.3, -0.25) is 0 Å². The fraction of sp³-hybridized carbons (Fsp3) is 1.00. The Morgan fingerprint density at radius 3 is 2.55 bits per heavy atom. The van der Waals surface area contributed by atoms with Crippen molar-refractivity contribution in [2.75, 3.05) is 45.0 Å². The van der Waals surface area contributed by atoms with Crippen molar-refractivity contribution >= 4 is 10.0 Å². The largest absolute Gasteiger partial charge is 0.317 e. The molecule has 0 spiro atoms. The summed E-state index contributed by atoms with van der Waals surface area (Å²) in [7, 11) is -3.07. The Kier molecular flexibility index (Phi) is 6.74. The minimum atomic E-state index is -3.07. The molecule has 0 bridgehead atoms. The van der Waals surface area contributed by atoms with Crippen molar-refractivity contribution in [2.45, 2.75) is 38.5 Å². The zero-order valence-corrected chi connectivity index (χ0v) is 13.3. The van der Waals surface area contributed by atoms with E-state index in [1.165, 1.54) is 25.9 Å². The normalized spacial score (nSPS) is 22.4. The zero-order chi connectivity index (χ0) is 14.3. The number of hydrogen-bond acceptors (Lipinski definition) is 4. The van der Waals surface area contributed by atoms with Crippen molar-refractivity contribution in [2.24, 2.45) is 5.92 Å². The number of piperidine rings is 1. The summed E-state index contributed by atoms with van der Waals surface area (Å²) in [5.41, 5.74) is 0. The fourth-order valence-electron chi connectivity index (χ4n) is 3.10. The number of rotatable bonds is 8. The van der Waals surface area contributed by atoms with E-state index in [4.69, 9.17) is 0 Å². The summed E-state index contributed by atoms with van der Waals surface area (Å²) < 4.78 is 26.6. The maximum atomic E-state index is 11.9. The third-order valence-electron chi connectivity index (χ3n) is 4.43. The van der Waals surface area contributed by atoms with Gasteiger partial charge in [-0.2, -0.15) is 0 Å². The first-order valence-electron chi connectivity index (χ1n) is 8.06. The molecule has 2 aliphatic heterocycles. The molecule has 2 N–H and O–H groups in total. The van der Waals surface area contributed by atoms with Gasteiger partial charge in [0.2, 0.25) is 10.0 Å². The van der Waals surface area contributed by atoms with Crippen LogP contribution in [0.15, 0.2) is 0 Å². The van der Waals surface area contributed by atoms with Crippen LogP contribution in [0.2, 0.25) is 0 Å². The average molecular weight is 303 g/mol. The SMILES string of the molecule is O=S(=O)(CCC1CCNCC1)NCCCN1CCCC1. The molecule has 2 saturated heterocycles. The van der Waals surface area contributed by atoms with E-state index in [2.05, 4.69) is 14.9 Å². The molecule has 6 heteroatoms. The van der Waals surface area contributed by atoms with Gasteiger partial charge in [0.15, 0.2) is 0 Å². The van der Waals surface area contributed by atoms with Crippen molar-refractivity contribution in [1.82, 2.24) is 14.9 Å². The Morgan fingerprint density at radius 1 is 1.15 bits per heavy atom. The van der Waals surface area contributed by atoms with Gasteiger partial charge in [0.25, 0.3) is 0 Å². The minimum absolute atomic E-state index is 0.293. The number of likely N-dealkylation sites (tertiary alicyclic amines) is 1. The maximum Gasteiger partial charge on any atom is 0.211 e. The van der Waals surface area contributed by atoms with Crippen LogP contribution in [-0.4, -0.2) is 58.3 Å². The van der Waals surface area contributed by atoms with Crippen LogP contribution in [0, 0.1) is 5.92 Å². The predicted octanol–water partition coefficient (Wildman–Crippen LogP) is 0.781. The maximum absolute atomic E-state index is 11.9. The van der Waals surface area contributed by atoms with E-state index in [9.17, 15) is 8.42 Å². The van der Waals surface area contributed by atoms with E-state index >= 15 is 0 Å². The molecule has 2 fully saturated rings. The lowest BCUT2D eigenvalue weighted by Gasteiger charge is -2.22. The molecule has 2 heterocycles. The van der Waals surface area contributed by atoms with Crippen LogP contribution in [0.25, 0.3) is 0 Å². The van der Waals surface area contributed by atoms with Gasteiger partial charge in [-0.05, 0) is 77.2 Å². The molecule has 0 aliphatic carbocycles. The Labute approximate surface area is 123 Å². The lowest BCUT2D eigenvalue weighted by atomic mass is 9.96. The predicted molar refractivity (Wildman–Crippen MR) is 82.3 cm³/mol. The third kappa shape index (κ3) is 6.08. The fourth-order valence-corrected chi connectivity index (χ4v) is 4.34. The van der Waals surface area contributed by atoms with Gasteiger partial charge in [0.05, 0.1) is 5.75 Å². The van der Waals surface area contributed by atoms with Crippen molar-refractivity contribution in [3.8, 4) is 0 Å². The molecular formula is C14H29N3O2S. The van der Waals surface area contributed by atoms with Crippen LogP contribution < -0.4 is 10.0 Å². The molecule has 0 saturated carbocycles. The van der Waals surface area contributed by atoms with E-state index in [-0.39, 0.29) is 0 Å². The third-order valence-corrected chi connectivity index (χ3v) is 5.84. The van der Waals surface area contributed by atoms with Gasteiger partial charge < -0.3 is 10.2 Å². The topological polar surface area (TPSA) is 61.4 Å². The quantitative estimate of drug-likeness (QED) is 0.651. The number of nitrogens with one attached hydrogen (secondary N) is 2. The first kappa shape index (κ1) is 16.2. The lowest BCUT2D eigenvalue weighted by molar-refractivity contribution is 0.334. The average Bonchev–Trinajstić information content (AvgIpc) is 2.96. The van der Waals surface area contributed by atoms with Gasteiger partial charge >= 0.3 is 0 Å². The molecule has 0 aromatic heterocycles. The van der Waals surface area contributed by atoms with Gasteiger partial charge in [-0.1, -0.05) is 0 Å². The highest BCUT2D eigenvalue weighted by Gasteiger charge is 2.17. The second-order valence-electron chi connectivity index (χ2n) is 6.10. The highest BCUT2D eigenvalue weighted by molar-refractivity contribution is 7.89. The molecular weight excluding hydrogens is 274 g/mol. The summed E-state index contributed by atoms with van der Waals surface area (Å²) in [4.78, 5) is 2.42. The van der Waals surface area contributed by atoms with E-state index in [1.807, 2.05) is 0 Å². The molecule has 5 nitrogen and oxygen atoms in total. The number of hydrogen-bond donors (Lipinski definition) is 2. The Hall–Kier alpha value is -0.170. The Bertz CT molecular complexity index is 361. The van der Waals surface area contributed by atoms with Crippen LogP contribution in [0.3, 0.4) is 0 Å². The van der Waals surface area contributed by atoms with Crippen molar-refractivity contribution in [3.05, 3.63) is 0 Å². The van der Waals surface area contributed by atoms with Crippen LogP contribution >= 0.6 is 0 Å². The molecule has 20 heavy (non-hydrogen) atoms. The molecule has 0 amide bonds. The van der Waals surface area contributed by atoms with Gasteiger partial charge in [0.1, 0.15) is 0 Å². The van der Waals surface area contributed by atoms with Crippen LogP contribution in [0.4, 0.5) is 0 Å². The summed E-state index contributed by atoms with van der Waals surface area (Å²) in [6.45, 7) is 6.05. The molecule has 2 rings (SSSR count).